The van der Waals surface area contributed by atoms with Crippen molar-refractivity contribution in [2.45, 2.75) is 6.92 Å². The molecule has 0 fully saturated rings. The molecule has 0 saturated heterocycles. The fourth-order valence-corrected chi connectivity index (χ4v) is 2.14. The molecule has 0 amide bonds. The van der Waals surface area contributed by atoms with E-state index >= 15 is 0 Å². The number of hydrogen-bond donors (Lipinski definition) is 2. The number of halogens is 1. The summed E-state index contributed by atoms with van der Waals surface area (Å²) in [6, 6.07) is 8.04. The van der Waals surface area contributed by atoms with Crippen molar-refractivity contribution < 1.29 is 5.11 Å². The number of rotatable bonds is 4. The average molecular weight is 295 g/mol. The van der Waals surface area contributed by atoms with Crippen molar-refractivity contribution in [3.63, 3.8) is 0 Å². The lowest BCUT2D eigenvalue weighted by Gasteiger charge is -2.12. The lowest BCUT2D eigenvalue weighted by atomic mass is 10.1. The average Bonchev–Trinajstić information content (AvgIpc) is 2.36. The number of aromatic nitrogens is 1. The van der Waals surface area contributed by atoms with Gasteiger partial charge in [-0.2, -0.15) is 0 Å². The van der Waals surface area contributed by atoms with E-state index in [1.54, 1.807) is 6.20 Å². The molecule has 1 aromatic carbocycles. The molecule has 0 aliphatic carbocycles. The second-order valence-electron chi connectivity index (χ2n) is 4.16. The number of pyridine rings is 1. The van der Waals surface area contributed by atoms with Crippen molar-refractivity contribution >= 4 is 32.5 Å². The first-order chi connectivity index (χ1) is 8.22. The predicted molar refractivity (Wildman–Crippen MR) is 74.2 cm³/mol. The molecule has 2 N–H and O–H groups in total. The van der Waals surface area contributed by atoms with Crippen LogP contribution in [0.4, 0.5) is 5.82 Å². The summed E-state index contributed by atoms with van der Waals surface area (Å²) in [5.74, 6) is 1.09. The number of nitrogens with one attached hydrogen (secondary N) is 1. The highest BCUT2D eigenvalue weighted by Gasteiger charge is 2.05. The SMILES string of the molecule is CC(CO)CNc1nccc2c(Br)cccc12. The minimum Gasteiger partial charge on any atom is -0.396 e. The Kier molecular flexibility index (Phi) is 3.97. The van der Waals surface area contributed by atoms with E-state index in [-0.39, 0.29) is 12.5 Å². The van der Waals surface area contributed by atoms with Gasteiger partial charge in [0.05, 0.1) is 0 Å². The Balaban J connectivity index is 2.31. The van der Waals surface area contributed by atoms with Crippen LogP contribution in [0.1, 0.15) is 6.92 Å². The van der Waals surface area contributed by atoms with Crippen molar-refractivity contribution in [1.82, 2.24) is 4.98 Å². The van der Waals surface area contributed by atoms with Gasteiger partial charge in [0, 0.05) is 34.6 Å². The zero-order chi connectivity index (χ0) is 12.3. The van der Waals surface area contributed by atoms with Gasteiger partial charge in [0.1, 0.15) is 5.82 Å². The largest absolute Gasteiger partial charge is 0.396 e. The Bertz CT molecular complexity index is 516. The Hall–Kier alpha value is -1.13. The van der Waals surface area contributed by atoms with Crippen LogP contribution in [0.2, 0.25) is 0 Å². The molecule has 0 aliphatic rings. The summed E-state index contributed by atoms with van der Waals surface area (Å²) < 4.78 is 1.07. The molecule has 90 valence electrons. The number of aliphatic hydroxyl groups excluding tert-OH is 1. The van der Waals surface area contributed by atoms with Crippen LogP contribution in [0.25, 0.3) is 10.8 Å². The zero-order valence-electron chi connectivity index (χ0n) is 9.65. The number of benzene rings is 1. The molecule has 0 bridgehead atoms. The normalized spacial score (nSPS) is 12.6. The number of anilines is 1. The quantitative estimate of drug-likeness (QED) is 0.911. The molecule has 0 saturated carbocycles. The topological polar surface area (TPSA) is 45.1 Å². The molecule has 4 heteroatoms. The molecule has 1 atom stereocenters. The summed E-state index contributed by atoms with van der Waals surface area (Å²) in [4.78, 5) is 4.34. The third-order valence-corrected chi connectivity index (χ3v) is 3.37. The first-order valence-electron chi connectivity index (χ1n) is 5.60. The summed E-state index contributed by atoms with van der Waals surface area (Å²) in [5, 5.41) is 14.5. The number of fused-ring (bicyclic) bond motifs is 1. The number of nitrogens with zero attached hydrogens (tertiary/aromatic N) is 1. The van der Waals surface area contributed by atoms with Gasteiger partial charge in [-0.15, -0.1) is 0 Å². The highest BCUT2D eigenvalue weighted by Crippen LogP contribution is 2.27. The Morgan fingerprint density at radius 3 is 2.94 bits per heavy atom. The van der Waals surface area contributed by atoms with Gasteiger partial charge in [0.25, 0.3) is 0 Å². The minimum atomic E-state index is 0.182. The van der Waals surface area contributed by atoms with Gasteiger partial charge in [0.2, 0.25) is 0 Å². The van der Waals surface area contributed by atoms with Gasteiger partial charge in [0.15, 0.2) is 0 Å². The van der Waals surface area contributed by atoms with Crippen LogP contribution >= 0.6 is 15.9 Å². The van der Waals surface area contributed by atoms with Crippen LogP contribution in [0.3, 0.4) is 0 Å². The summed E-state index contributed by atoms with van der Waals surface area (Å²) in [6.07, 6.45) is 1.79. The molecule has 0 aliphatic heterocycles. The maximum Gasteiger partial charge on any atom is 0.133 e. The molecule has 0 spiro atoms. The first kappa shape index (κ1) is 12.3. The van der Waals surface area contributed by atoms with Gasteiger partial charge in [-0.3, -0.25) is 0 Å². The molecule has 1 aromatic heterocycles. The van der Waals surface area contributed by atoms with Gasteiger partial charge >= 0.3 is 0 Å². The van der Waals surface area contributed by atoms with E-state index in [0.29, 0.717) is 0 Å². The third kappa shape index (κ3) is 2.76. The van der Waals surface area contributed by atoms with Crippen LogP contribution < -0.4 is 5.32 Å². The smallest absolute Gasteiger partial charge is 0.133 e. The van der Waals surface area contributed by atoms with Crippen LogP contribution in [0.5, 0.6) is 0 Å². The third-order valence-electron chi connectivity index (χ3n) is 2.68. The minimum absolute atomic E-state index is 0.182. The molecule has 2 rings (SSSR count). The van der Waals surface area contributed by atoms with Gasteiger partial charge < -0.3 is 10.4 Å². The summed E-state index contributed by atoms with van der Waals surface area (Å²) in [7, 11) is 0. The van der Waals surface area contributed by atoms with Gasteiger partial charge in [-0.05, 0) is 18.1 Å². The summed E-state index contributed by atoms with van der Waals surface area (Å²) in [5.41, 5.74) is 0. The van der Waals surface area contributed by atoms with E-state index in [1.807, 2.05) is 31.2 Å². The van der Waals surface area contributed by atoms with E-state index < -0.39 is 0 Å². The van der Waals surface area contributed by atoms with Gasteiger partial charge in [-0.1, -0.05) is 35.0 Å². The number of aliphatic hydroxyl groups is 1. The summed E-state index contributed by atoms with van der Waals surface area (Å²) in [6.45, 7) is 2.89. The lowest BCUT2D eigenvalue weighted by molar-refractivity contribution is 0.244. The molecular formula is C13H15BrN2O. The van der Waals surface area contributed by atoms with E-state index in [1.165, 1.54) is 0 Å². The Morgan fingerprint density at radius 1 is 1.35 bits per heavy atom. The van der Waals surface area contributed by atoms with Crippen molar-refractivity contribution in [3.05, 3.63) is 34.9 Å². The standard InChI is InChI=1S/C13H15BrN2O/c1-9(8-17)7-16-13-11-3-2-4-12(14)10(11)5-6-15-13/h2-6,9,17H,7-8H2,1H3,(H,15,16). The van der Waals surface area contributed by atoms with Gasteiger partial charge in [-0.25, -0.2) is 4.98 Å². The van der Waals surface area contributed by atoms with Crippen LogP contribution in [-0.4, -0.2) is 23.2 Å². The van der Waals surface area contributed by atoms with Crippen molar-refractivity contribution in [1.29, 1.82) is 0 Å². The first-order valence-corrected chi connectivity index (χ1v) is 6.39. The molecule has 0 radical (unpaired) electrons. The van der Waals surface area contributed by atoms with Crippen molar-refractivity contribution in [2.24, 2.45) is 5.92 Å². The molecular weight excluding hydrogens is 280 g/mol. The molecule has 1 heterocycles. The molecule has 3 nitrogen and oxygen atoms in total. The molecule has 2 aromatic rings. The second-order valence-corrected chi connectivity index (χ2v) is 5.02. The summed E-state index contributed by atoms with van der Waals surface area (Å²) >= 11 is 3.53. The zero-order valence-corrected chi connectivity index (χ0v) is 11.2. The maximum absolute atomic E-state index is 9.00. The van der Waals surface area contributed by atoms with E-state index in [0.717, 1.165) is 27.6 Å². The Morgan fingerprint density at radius 2 is 2.18 bits per heavy atom. The van der Waals surface area contributed by atoms with E-state index in [4.69, 9.17) is 5.11 Å². The highest BCUT2D eigenvalue weighted by molar-refractivity contribution is 9.10. The monoisotopic (exact) mass is 294 g/mol. The lowest BCUT2D eigenvalue weighted by Crippen LogP contribution is -2.15. The highest BCUT2D eigenvalue weighted by atomic mass is 79.9. The molecule has 17 heavy (non-hydrogen) atoms. The second kappa shape index (κ2) is 5.47. The van der Waals surface area contributed by atoms with Crippen molar-refractivity contribution in [3.8, 4) is 0 Å². The van der Waals surface area contributed by atoms with Crippen molar-refractivity contribution in [2.75, 3.05) is 18.5 Å². The van der Waals surface area contributed by atoms with E-state index in [9.17, 15) is 0 Å². The maximum atomic E-state index is 9.00. The fourth-order valence-electron chi connectivity index (χ4n) is 1.65. The number of hydrogen-bond acceptors (Lipinski definition) is 3. The Labute approximate surface area is 109 Å². The van der Waals surface area contributed by atoms with Crippen LogP contribution in [0.15, 0.2) is 34.9 Å². The van der Waals surface area contributed by atoms with Crippen LogP contribution in [-0.2, 0) is 0 Å². The molecule has 1 unspecified atom stereocenters. The predicted octanol–water partition coefficient (Wildman–Crippen LogP) is 3.04. The van der Waals surface area contributed by atoms with Crippen LogP contribution in [0, 0.1) is 5.92 Å². The van der Waals surface area contributed by atoms with E-state index in [2.05, 4.69) is 26.2 Å². The fraction of sp³-hybridized carbons (Fsp3) is 0.308.